The Balaban J connectivity index is 2.24. The van der Waals surface area contributed by atoms with Crippen LogP contribution in [0, 0.1) is 0 Å². The molecule has 0 bridgehead atoms. The quantitative estimate of drug-likeness (QED) is 0.724. The van der Waals surface area contributed by atoms with E-state index in [-0.39, 0.29) is 11.1 Å². The molecule has 6 heteroatoms. The first-order valence-electron chi connectivity index (χ1n) is 8.53. The molecule has 0 saturated carbocycles. The molecule has 0 spiro atoms. The number of hydrogen-bond acceptors (Lipinski definition) is 5. The zero-order chi connectivity index (χ0) is 16.6. The Labute approximate surface area is 137 Å². The van der Waals surface area contributed by atoms with Gasteiger partial charge in [0.15, 0.2) is 0 Å². The van der Waals surface area contributed by atoms with Gasteiger partial charge in [0.25, 0.3) is 0 Å². The smallest absolute Gasteiger partial charge is 0.386 e. The van der Waals surface area contributed by atoms with Gasteiger partial charge in [-0.25, -0.2) is 0 Å². The van der Waals surface area contributed by atoms with Crippen molar-refractivity contribution in [2.45, 2.75) is 77.0 Å². The number of nitrogens with zero attached hydrogens (tertiary/aromatic N) is 2. The zero-order valence-electron chi connectivity index (χ0n) is 15.4. The molecule has 2 saturated heterocycles. The highest BCUT2D eigenvalue weighted by Crippen LogP contribution is 2.43. The molecule has 0 radical (unpaired) electrons. The molecule has 22 heavy (non-hydrogen) atoms. The van der Waals surface area contributed by atoms with Crippen molar-refractivity contribution < 1.29 is 13.7 Å². The lowest BCUT2D eigenvalue weighted by Crippen LogP contribution is -2.67. The second-order valence-corrected chi connectivity index (χ2v) is 11.1. The summed E-state index contributed by atoms with van der Waals surface area (Å²) in [4.78, 5) is 5.99. The third-order valence-electron chi connectivity index (χ3n) is 5.24. The summed E-state index contributed by atoms with van der Waals surface area (Å²) >= 11 is 0. The fourth-order valence-electron chi connectivity index (χ4n) is 4.68. The van der Waals surface area contributed by atoms with E-state index in [1.54, 1.807) is 0 Å². The lowest BCUT2D eigenvalue weighted by molar-refractivity contribution is -0.284. The van der Waals surface area contributed by atoms with E-state index in [0.717, 1.165) is 32.0 Å². The highest BCUT2D eigenvalue weighted by molar-refractivity contribution is 6.65. The van der Waals surface area contributed by atoms with E-state index in [9.17, 15) is 0 Å². The van der Waals surface area contributed by atoms with Gasteiger partial charge in [-0.3, -0.25) is 9.40 Å². The Kier molecular flexibility index (Phi) is 5.42. The van der Waals surface area contributed by atoms with Gasteiger partial charge in [0.05, 0.1) is 6.61 Å². The van der Waals surface area contributed by atoms with Crippen LogP contribution in [0.3, 0.4) is 0 Å². The van der Waals surface area contributed by atoms with Gasteiger partial charge in [0.1, 0.15) is 0 Å². The third-order valence-corrected chi connectivity index (χ3v) is 8.96. The normalized spacial score (nSPS) is 29.0. The first kappa shape index (κ1) is 18.4. The van der Waals surface area contributed by atoms with Gasteiger partial charge in [-0.2, -0.15) is 5.06 Å². The van der Waals surface area contributed by atoms with Gasteiger partial charge in [-0.15, -0.1) is 0 Å². The topological polar surface area (TPSA) is 34.2 Å². The monoisotopic (exact) mass is 330 g/mol. The molecule has 0 aliphatic carbocycles. The summed E-state index contributed by atoms with van der Waals surface area (Å²) in [6, 6.07) is 1.57. The maximum atomic E-state index is 5.99. The summed E-state index contributed by atoms with van der Waals surface area (Å²) in [5, 5.41) is 2.22. The number of rotatable bonds is 5. The van der Waals surface area contributed by atoms with Crippen molar-refractivity contribution >= 4 is 8.72 Å². The van der Waals surface area contributed by atoms with Crippen molar-refractivity contribution in [2.24, 2.45) is 0 Å². The van der Waals surface area contributed by atoms with Crippen LogP contribution in [0.2, 0.25) is 6.04 Å². The molecule has 2 heterocycles. The molecule has 2 aliphatic heterocycles. The van der Waals surface area contributed by atoms with E-state index in [1.165, 1.54) is 6.42 Å². The summed E-state index contributed by atoms with van der Waals surface area (Å²) in [5.41, 5.74) is 0.0132. The minimum Gasteiger partial charge on any atom is -0.386 e. The molecule has 0 aromatic heterocycles. The van der Waals surface area contributed by atoms with Crippen LogP contribution in [0.25, 0.3) is 0 Å². The van der Waals surface area contributed by atoms with Gasteiger partial charge >= 0.3 is 8.72 Å². The van der Waals surface area contributed by atoms with Crippen molar-refractivity contribution in [3.8, 4) is 0 Å². The zero-order valence-corrected chi connectivity index (χ0v) is 16.4. The molecule has 0 amide bonds. The lowest BCUT2D eigenvalue weighted by Gasteiger charge is -2.56. The Morgan fingerprint density at radius 2 is 1.59 bits per heavy atom. The van der Waals surface area contributed by atoms with Crippen molar-refractivity contribution in [3.05, 3.63) is 0 Å². The molecule has 0 aromatic rings. The maximum absolute atomic E-state index is 5.99. The minimum atomic E-state index is -2.19. The number of hydrogen-bond donors (Lipinski definition) is 0. The average Bonchev–Trinajstić information content (AvgIpc) is 2.86. The van der Waals surface area contributed by atoms with Gasteiger partial charge in [-0.05, 0) is 60.4 Å². The van der Waals surface area contributed by atoms with Crippen LogP contribution < -0.4 is 0 Å². The van der Waals surface area contributed by atoms with Crippen LogP contribution in [0.5, 0.6) is 0 Å². The number of hydroxylamine groups is 2. The Bertz CT molecular complexity index is 368. The average molecular weight is 331 g/mol. The van der Waals surface area contributed by atoms with E-state index < -0.39 is 8.72 Å². The van der Waals surface area contributed by atoms with Crippen LogP contribution in [0.4, 0.5) is 0 Å². The molecule has 130 valence electrons. The molecular weight excluding hydrogens is 296 g/mol. The maximum Gasteiger partial charge on any atom is 0.427 e. The van der Waals surface area contributed by atoms with Gasteiger partial charge in [0.2, 0.25) is 0 Å². The Hall–Kier alpha value is 0.0169. The highest BCUT2D eigenvalue weighted by Gasteiger charge is 2.55. The first-order valence-corrected chi connectivity index (χ1v) is 10.5. The summed E-state index contributed by atoms with van der Waals surface area (Å²) in [5.74, 6) is 0. The summed E-state index contributed by atoms with van der Waals surface area (Å²) < 4.78 is 14.4. The third kappa shape index (κ3) is 3.14. The summed E-state index contributed by atoms with van der Waals surface area (Å²) in [7, 11) is 1.45. The van der Waals surface area contributed by atoms with Crippen LogP contribution >= 0.6 is 0 Å². The van der Waals surface area contributed by atoms with E-state index >= 15 is 0 Å². The molecule has 0 aromatic carbocycles. The van der Waals surface area contributed by atoms with Crippen LogP contribution in [-0.4, -0.2) is 62.8 Å². The Morgan fingerprint density at radius 1 is 1.05 bits per heavy atom. The predicted octanol–water partition coefficient (Wildman–Crippen LogP) is 2.90. The standard InChI is InChI=1S/C16H34N2O3Si/c1-8-21-18-15(2,3)12-14(13-16(18,4)5)17-10-9-11-22(17,19-6)20-7/h14H,8-13H2,1-7H3. The van der Waals surface area contributed by atoms with Gasteiger partial charge in [-0.1, -0.05) is 0 Å². The Morgan fingerprint density at radius 3 is 2.05 bits per heavy atom. The van der Waals surface area contributed by atoms with E-state index in [4.69, 9.17) is 13.7 Å². The van der Waals surface area contributed by atoms with E-state index in [0.29, 0.717) is 6.04 Å². The van der Waals surface area contributed by atoms with E-state index in [2.05, 4.69) is 44.2 Å². The second-order valence-electron chi connectivity index (χ2n) is 7.82. The fraction of sp³-hybridized carbons (Fsp3) is 1.00. The SMILES string of the molecule is CCON1C(C)(C)CC(N2CCC[Si]2(OC)OC)CC1(C)C. The molecule has 2 aliphatic rings. The highest BCUT2D eigenvalue weighted by atomic mass is 28.4. The van der Waals surface area contributed by atoms with Gasteiger partial charge in [0, 0.05) is 37.4 Å². The summed E-state index contributed by atoms with van der Waals surface area (Å²) in [6.07, 6.45) is 3.34. The second kappa shape index (κ2) is 6.49. The van der Waals surface area contributed by atoms with Crippen molar-refractivity contribution in [1.82, 2.24) is 9.63 Å². The van der Waals surface area contributed by atoms with Crippen molar-refractivity contribution in [3.63, 3.8) is 0 Å². The lowest BCUT2D eigenvalue weighted by atomic mass is 9.79. The largest absolute Gasteiger partial charge is 0.427 e. The molecule has 0 unspecified atom stereocenters. The van der Waals surface area contributed by atoms with Crippen LogP contribution in [0.15, 0.2) is 0 Å². The van der Waals surface area contributed by atoms with Crippen molar-refractivity contribution in [2.75, 3.05) is 27.4 Å². The van der Waals surface area contributed by atoms with E-state index in [1.807, 2.05) is 14.2 Å². The van der Waals surface area contributed by atoms with Gasteiger partial charge < -0.3 is 8.85 Å². The fourth-order valence-corrected chi connectivity index (χ4v) is 7.85. The molecule has 0 atom stereocenters. The van der Waals surface area contributed by atoms with Crippen LogP contribution in [0.1, 0.15) is 53.9 Å². The first-order chi connectivity index (χ1) is 10.2. The van der Waals surface area contributed by atoms with Crippen LogP contribution in [-0.2, 0) is 13.7 Å². The molecule has 2 rings (SSSR count). The molecule has 0 N–H and O–H groups in total. The predicted molar refractivity (Wildman–Crippen MR) is 90.5 cm³/mol. The number of piperidine rings is 1. The molecule has 5 nitrogen and oxygen atoms in total. The molecule has 2 fully saturated rings. The molecular formula is C16H34N2O3Si. The summed E-state index contributed by atoms with van der Waals surface area (Å²) in [6.45, 7) is 13.0. The minimum absolute atomic E-state index is 0.00659. The van der Waals surface area contributed by atoms with Crippen molar-refractivity contribution in [1.29, 1.82) is 0 Å².